The molecule has 5 nitrogen and oxygen atoms in total. The van der Waals surface area contributed by atoms with Crippen LogP contribution < -0.4 is 10.2 Å². The average Bonchev–Trinajstić information content (AvgIpc) is 2.67. The molecule has 132 valence electrons. The molecule has 2 heterocycles. The molecule has 0 radical (unpaired) electrons. The topological polar surface area (TPSA) is 58.1 Å². The van der Waals surface area contributed by atoms with E-state index in [4.69, 9.17) is 0 Å². The lowest BCUT2D eigenvalue weighted by molar-refractivity contribution is -0.118. The summed E-state index contributed by atoms with van der Waals surface area (Å²) < 4.78 is 12.9. The zero-order chi connectivity index (χ0) is 17.5. The number of thioether (sulfide) groups is 2. The molecule has 1 aromatic heterocycles. The second-order valence-electron chi connectivity index (χ2n) is 5.51. The van der Waals surface area contributed by atoms with Crippen LogP contribution in [0.5, 0.6) is 0 Å². The normalized spacial score (nSPS) is 14.4. The van der Waals surface area contributed by atoms with E-state index >= 15 is 0 Å². The van der Waals surface area contributed by atoms with Gasteiger partial charge in [0.05, 0.1) is 5.75 Å². The minimum Gasteiger partial charge on any atom is -0.355 e. The third kappa shape index (κ3) is 5.61. The summed E-state index contributed by atoms with van der Waals surface area (Å²) in [6.07, 6.45) is 1.55. The molecule has 1 amide bonds. The minimum absolute atomic E-state index is 0.0798. The van der Waals surface area contributed by atoms with Gasteiger partial charge in [-0.2, -0.15) is 11.8 Å². The lowest BCUT2D eigenvalue weighted by Crippen LogP contribution is -2.33. The highest BCUT2D eigenvalue weighted by molar-refractivity contribution is 8.00. The number of rotatable bonds is 6. The molecule has 0 spiro atoms. The first-order chi connectivity index (χ1) is 12.2. The third-order valence-corrected chi connectivity index (χ3v) is 5.58. The number of anilines is 1. The van der Waals surface area contributed by atoms with Crippen molar-refractivity contribution in [1.82, 2.24) is 15.3 Å². The van der Waals surface area contributed by atoms with Gasteiger partial charge in [0.1, 0.15) is 23.0 Å². The summed E-state index contributed by atoms with van der Waals surface area (Å²) in [6, 6.07) is 8.04. The van der Waals surface area contributed by atoms with Crippen molar-refractivity contribution >= 4 is 35.2 Å². The quantitative estimate of drug-likeness (QED) is 0.616. The Morgan fingerprint density at radius 2 is 2.00 bits per heavy atom. The van der Waals surface area contributed by atoms with Gasteiger partial charge in [0.2, 0.25) is 5.91 Å². The van der Waals surface area contributed by atoms with Gasteiger partial charge in [-0.05, 0) is 17.7 Å². The molecule has 25 heavy (non-hydrogen) atoms. The number of nitrogens with one attached hydrogen (secondary N) is 1. The molecule has 1 fully saturated rings. The monoisotopic (exact) mass is 378 g/mol. The molecule has 1 aromatic carbocycles. The van der Waals surface area contributed by atoms with Crippen molar-refractivity contribution in [2.45, 2.75) is 11.6 Å². The zero-order valence-corrected chi connectivity index (χ0v) is 15.3. The number of carbonyl (C=O) groups is 1. The van der Waals surface area contributed by atoms with Gasteiger partial charge in [0, 0.05) is 37.2 Å². The number of nitrogens with zero attached hydrogens (tertiary/aromatic N) is 3. The van der Waals surface area contributed by atoms with Gasteiger partial charge >= 0.3 is 0 Å². The Hall–Kier alpha value is -1.80. The van der Waals surface area contributed by atoms with Crippen molar-refractivity contribution < 1.29 is 9.18 Å². The van der Waals surface area contributed by atoms with E-state index in [1.165, 1.54) is 23.9 Å². The summed E-state index contributed by atoms with van der Waals surface area (Å²) >= 11 is 3.34. The van der Waals surface area contributed by atoms with Crippen LogP contribution in [0.3, 0.4) is 0 Å². The molecule has 0 saturated carbocycles. The smallest absolute Gasteiger partial charge is 0.230 e. The summed E-state index contributed by atoms with van der Waals surface area (Å²) in [5.74, 6) is 3.07. The molecule has 1 aliphatic heterocycles. The van der Waals surface area contributed by atoms with Crippen molar-refractivity contribution in [2.24, 2.45) is 0 Å². The van der Waals surface area contributed by atoms with Gasteiger partial charge in [-0.3, -0.25) is 4.79 Å². The first-order valence-electron chi connectivity index (χ1n) is 7.99. The molecule has 2 aromatic rings. The van der Waals surface area contributed by atoms with Crippen LogP contribution in [0, 0.1) is 5.82 Å². The fourth-order valence-corrected chi connectivity index (χ4v) is 3.96. The lowest BCUT2D eigenvalue weighted by atomic mass is 10.2. The number of hydrogen-bond donors (Lipinski definition) is 1. The molecule has 0 bridgehead atoms. The Morgan fingerprint density at radius 1 is 1.24 bits per heavy atom. The fraction of sp³-hybridized carbons (Fsp3) is 0.353. The van der Waals surface area contributed by atoms with Crippen molar-refractivity contribution in [3.8, 4) is 0 Å². The number of halogens is 1. The molecule has 3 rings (SSSR count). The van der Waals surface area contributed by atoms with Gasteiger partial charge in [-0.15, -0.1) is 0 Å². The Kier molecular flexibility index (Phi) is 6.52. The maximum absolute atomic E-state index is 12.9. The first kappa shape index (κ1) is 18.0. The third-order valence-electron chi connectivity index (χ3n) is 3.72. The zero-order valence-electron chi connectivity index (χ0n) is 13.7. The van der Waals surface area contributed by atoms with Crippen LogP contribution >= 0.6 is 23.5 Å². The Balaban J connectivity index is 1.47. The van der Waals surface area contributed by atoms with E-state index in [9.17, 15) is 9.18 Å². The Bertz CT molecular complexity index is 708. The SMILES string of the molecule is O=C(CSc1cc(N2CCSCC2)ncn1)NCc1ccc(F)cc1. The lowest BCUT2D eigenvalue weighted by Gasteiger charge is -2.27. The van der Waals surface area contributed by atoms with Crippen molar-refractivity contribution in [3.63, 3.8) is 0 Å². The van der Waals surface area contributed by atoms with E-state index in [1.54, 1.807) is 18.5 Å². The van der Waals surface area contributed by atoms with Crippen LogP contribution in [0.1, 0.15) is 5.56 Å². The molecule has 0 unspecified atom stereocenters. The highest BCUT2D eigenvalue weighted by Crippen LogP contribution is 2.21. The van der Waals surface area contributed by atoms with Crippen LogP contribution in [-0.4, -0.2) is 46.2 Å². The van der Waals surface area contributed by atoms with Gasteiger partial charge < -0.3 is 10.2 Å². The van der Waals surface area contributed by atoms with E-state index in [1.807, 2.05) is 17.8 Å². The highest BCUT2D eigenvalue weighted by Gasteiger charge is 2.13. The van der Waals surface area contributed by atoms with E-state index in [0.717, 1.165) is 41.0 Å². The van der Waals surface area contributed by atoms with Gasteiger partial charge in [0.15, 0.2) is 0 Å². The van der Waals surface area contributed by atoms with E-state index in [-0.39, 0.29) is 17.5 Å². The van der Waals surface area contributed by atoms with E-state index < -0.39 is 0 Å². The van der Waals surface area contributed by atoms with Gasteiger partial charge in [0.25, 0.3) is 0 Å². The van der Waals surface area contributed by atoms with Gasteiger partial charge in [-0.25, -0.2) is 14.4 Å². The molecular weight excluding hydrogens is 359 g/mol. The van der Waals surface area contributed by atoms with Crippen LogP contribution in [0.15, 0.2) is 41.7 Å². The maximum Gasteiger partial charge on any atom is 0.230 e. The molecule has 0 atom stereocenters. The standard InChI is InChI=1S/C17H19FN4OS2/c18-14-3-1-13(2-4-14)10-19-16(23)11-25-17-9-15(20-12-21-17)22-5-7-24-8-6-22/h1-4,9,12H,5-8,10-11H2,(H,19,23). The van der Waals surface area contributed by atoms with Crippen molar-refractivity contribution in [2.75, 3.05) is 35.2 Å². The van der Waals surface area contributed by atoms with Crippen LogP contribution in [0.4, 0.5) is 10.2 Å². The fourth-order valence-electron chi connectivity index (χ4n) is 2.37. The number of aromatic nitrogens is 2. The largest absolute Gasteiger partial charge is 0.355 e. The summed E-state index contributed by atoms with van der Waals surface area (Å²) in [6.45, 7) is 2.37. The Morgan fingerprint density at radius 3 is 2.76 bits per heavy atom. The highest BCUT2D eigenvalue weighted by atomic mass is 32.2. The second-order valence-corrected chi connectivity index (χ2v) is 7.73. The van der Waals surface area contributed by atoms with Crippen LogP contribution in [0.2, 0.25) is 0 Å². The number of carbonyl (C=O) groups excluding carboxylic acids is 1. The van der Waals surface area contributed by atoms with Crippen LogP contribution in [-0.2, 0) is 11.3 Å². The molecule has 1 saturated heterocycles. The van der Waals surface area contributed by atoms with Crippen molar-refractivity contribution in [1.29, 1.82) is 0 Å². The summed E-state index contributed by atoms with van der Waals surface area (Å²) in [4.78, 5) is 22.8. The Labute approximate surface area is 154 Å². The first-order valence-corrected chi connectivity index (χ1v) is 10.1. The summed E-state index contributed by atoms with van der Waals surface area (Å²) in [7, 11) is 0. The minimum atomic E-state index is -0.280. The average molecular weight is 378 g/mol. The predicted molar refractivity (Wildman–Crippen MR) is 101 cm³/mol. The van der Waals surface area contributed by atoms with E-state index in [0.29, 0.717) is 6.54 Å². The number of benzene rings is 1. The second kappa shape index (κ2) is 9.05. The van der Waals surface area contributed by atoms with Crippen molar-refractivity contribution in [3.05, 3.63) is 48.0 Å². The predicted octanol–water partition coefficient (Wildman–Crippen LogP) is 2.58. The van der Waals surface area contributed by atoms with E-state index in [2.05, 4.69) is 20.2 Å². The summed E-state index contributed by atoms with van der Waals surface area (Å²) in [5.41, 5.74) is 0.868. The number of amides is 1. The number of hydrogen-bond acceptors (Lipinski definition) is 6. The van der Waals surface area contributed by atoms with Crippen LogP contribution in [0.25, 0.3) is 0 Å². The maximum atomic E-state index is 12.9. The molecule has 1 N–H and O–H groups in total. The van der Waals surface area contributed by atoms with Gasteiger partial charge in [-0.1, -0.05) is 23.9 Å². The molecule has 0 aliphatic carbocycles. The molecule has 1 aliphatic rings. The summed E-state index contributed by atoms with van der Waals surface area (Å²) in [5, 5.41) is 3.62. The molecular formula is C17H19FN4OS2. The molecule has 8 heteroatoms.